The third-order valence-electron chi connectivity index (χ3n) is 1.90. The molecule has 1 aromatic carbocycles. The van der Waals surface area contributed by atoms with Gasteiger partial charge in [0.05, 0.1) is 6.61 Å². The monoisotopic (exact) mass is 224 g/mol. The van der Waals surface area contributed by atoms with Gasteiger partial charge in [-0.05, 0) is 17.7 Å². The van der Waals surface area contributed by atoms with Gasteiger partial charge in [0.1, 0.15) is 0 Å². The summed E-state index contributed by atoms with van der Waals surface area (Å²) in [6.45, 7) is 1.82. The summed E-state index contributed by atoms with van der Waals surface area (Å²) in [6.07, 6.45) is 0.495. The summed E-state index contributed by atoms with van der Waals surface area (Å²) < 4.78 is 9.33. The minimum Gasteiger partial charge on any atom is -0.504 e. The van der Waals surface area contributed by atoms with Crippen LogP contribution in [0.15, 0.2) is 18.2 Å². The minimum atomic E-state index is -0.344. The van der Waals surface area contributed by atoms with Crippen LogP contribution in [0.3, 0.4) is 0 Å². The zero-order valence-corrected chi connectivity index (χ0v) is 8.80. The molecule has 5 nitrogen and oxygen atoms in total. The third-order valence-corrected chi connectivity index (χ3v) is 1.90. The van der Waals surface area contributed by atoms with Gasteiger partial charge in [0.15, 0.2) is 11.5 Å². The van der Waals surface area contributed by atoms with Gasteiger partial charge >= 0.3 is 5.97 Å². The van der Waals surface area contributed by atoms with Crippen LogP contribution in [-0.4, -0.2) is 24.2 Å². The van der Waals surface area contributed by atoms with Gasteiger partial charge in [-0.25, -0.2) is 0 Å². The first-order valence-electron chi connectivity index (χ1n) is 4.69. The predicted octanol–water partition coefficient (Wildman–Crippen LogP) is 1.03. The van der Waals surface area contributed by atoms with Crippen molar-refractivity contribution in [3.05, 3.63) is 23.8 Å². The highest BCUT2D eigenvalue weighted by Gasteiger charge is 2.04. The quantitative estimate of drug-likeness (QED) is 0.597. The van der Waals surface area contributed by atoms with Crippen LogP contribution >= 0.6 is 0 Å². The lowest BCUT2D eigenvalue weighted by Crippen LogP contribution is -2.03. The molecule has 1 N–H and O–H groups in total. The summed E-state index contributed by atoms with van der Waals surface area (Å²) >= 11 is 0. The smallest absolute Gasteiger partial charge is 0.302 e. The molecule has 0 spiro atoms. The fourth-order valence-electron chi connectivity index (χ4n) is 1.17. The average Bonchev–Trinajstić information content (AvgIpc) is 2.22. The van der Waals surface area contributed by atoms with Gasteiger partial charge in [-0.2, -0.15) is 0 Å². The summed E-state index contributed by atoms with van der Waals surface area (Å²) in [6, 6.07) is 4.60. The molecule has 0 fully saturated rings. The maximum Gasteiger partial charge on any atom is 0.302 e. The van der Waals surface area contributed by atoms with Crippen LogP contribution in [0.25, 0.3) is 0 Å². The van der Waals surface area contributed by atoms with E-state index >= 15 is 0 Å². The van der Waals surface area contributed by atoms with Crippen molar-refractivity contribution >= 4 is 12.4 Å². The molecule has 5 heteroatoms. The zero-order valence-electron chi connectivity index (χ0n) is 8.80. The van der Waals surface area contributed by atoms with Crippen LogP contribution < -0.4 is 4.74 Å². The molecule has 0 aliphatic rings. The lowest BCUT2D eigenvalue weighted by molar-refractivity contribution is -0.140. The van der Waals surface area contributed by atoms with Crippen LogP contribution in [-0.2, 0) is 20.7 Å². The molecule has 0 bridgehead atoms. The highest BCUT2D eigenvalue weighted by molar-refractivity contribution is 5.65. The minimum absolute atomic E-state index is 0.0929. The fourth-order valence-corrected chi connectivity index (χ4v) is 1.17. The van der Waals surface area contributed by atoms with E-state index in [2.05, 4.69) is 4.74 Å². The second-order valence-corrected chi connectivity index (χ2v) is 3.11. The van der Waals surface area contributed by atoms with Crippen molar-refractivity contribution in [3.63, 3.8) is 0 Å². The summed E-state index contributed by atoms with van der Waals surface area (Å²) in [5.41, 5.74) is 0.802. The first kappa shape index (κ1) is 12.0. The fraction of sp³-hybridized carbons (Fsp3) is 0.273. The van der Waals surface area contributed by atoms with E-state index in [-0.39, 0.29) is 30.5 Å². The molecule has 0 aromatic heterocycles. The Balaban J connectivity index is 2.63. The number of esters is 1. The largest absolute Gasteiger partial charge is 0.504 e. The Bertz CT molecular complexity index is 386. The van der Waals surface area contributed by atoms with E-state index in [9.17, 15) is 14.7 Å². The number of ether oxygens (including phenoxy) is 2. The topological polar surface area (TPSA) is 72.8 Å². The number of benzene rings is 1. The van der Waals surface area contributed by atoms with E-state index < -0.39 is 0 Å². The third kappa shape index (κ3) is 3.61. The maximum absolute atomic E-state index is 10.5. The van der Waals surface area contributed by atoms with Crippen molar-refractivity contribution in [2.24, 2.45) is 0 Å². The van der Waals surface area contributed by atoms with Gasteiger partial charge in [0, 0.05) is 13.3 Å². The molecule has 1 aromatic rings. The zero-order chi connectivity index (χ0) is 12.0. The van der Waals surface area contributed by atoms with Crippen molar-refractivity contribution in [1.82, 2.24) is 0 Å². The molecule has 0 radical (unpaired) electrons. The van der Waals surface area contributed by atoms with Gasteiger partial charge < -0.3 is 14.6 Å². The highest BCUT2D eigenvalue weighted by Crippen LogP contribution is 2.26. The van der Waals surface area contributed by atoms with Gasteiger partial charge in [-0.15, -0.1) is 0 Å². The number of hydrogen-bond donors (Lipinski definition) is 1. The Morgan fingerprint density at radius 2 is 2.25 bits per heavy atom. The number of carbonyl (C=O) groups excluding carboxylic acids is 2. The number of phenolic OH excluding ortho intramolecular Hbond substituents is 1. The van der Waals surface area contributed by atoms with Crippen LogP contribution in [0.5, 0.6) is 11.5 Å². The van der Waals surface area contributed by atoms with Gasteiger partial charge in [-0.1, -0.05) is 6.07 Å². The van der Waals surface area contributed by atoms with Gasteiger partial charge in [0.2, 0.25) is 0 Å². The predicted molar refractivity (Wildman–Crippen MR) is 55.1 cm³/mol. The summed E-state index contributed by atoms with van der Waals surface area (Å²) in [5.74, 6) is -0.359. The molecule has 16 heavy (non-hydrogen) atoms. The van der Waals surface area contributed by atoms with E-state index in [1.807, 2.05) is 0 Å². The van der Waals surface area contributed by atoms with Crippen molar-refractivity contribution < 1.29 is 24.2 Å². The normalized spacial score (nSPS) is 9.56. The van der Waals surface area contributed by atoms with E-state index in [1.165, 1.54) is 19.1 Å². The summed E-state index contributed by atoms with van der Waals surface area (Å²) in [5, 5.41) is 9.31. The van der Waals surface area contributed by atoms with Crippen LogP contribution in [0, 0.1) is 0 Å². The van der Waals surface area contributed by atoms with Crippen LogP contribution in [0.2, 0.25) is 0 Å². The molecular weight excluding hydrogens is 212 g/mol. The summed E-state index contributed by atoms with van der Waals surface area (Å²) in [7, 11) is 0. The Morgan fingerprint density at radius 1 is 1.50 bits per heavy atom. The van der Waals surface area contributed by atoms with Crippen molar-refractivity contribution in [3.8, 4) is 11.5 Å². The lowest BCUT2D eigenvalue weighted by atomic mass is 10.1. The maximum atomic E-state index is 10.5. The molecule has 0 atom stereocenters. The SMILES string of the molecule is CC(=O)OCCc1ccc(O)c(OC=O)c1. The van der Waals surface area contributed by atoms with E-state index in [1.54, 1.807) is 6.07 Å². The molecule has 86 valence electrons. The van der Waals surface area contributed by atoms with Gasteiger partial charge in [0.25, 0.3) is 6.47 Å². The molecule has 0 aliphatic heterocycles. The molecule has 0 heterocycles. The Morgan fingerprint density at radius 3 is 2.88 bits per heavy atom. The molecule has 0 saturated carbocycles. The molecule has 1 rings (SSSR count). The first-order valence-corrected chi connectivity index (χ1v) is 4.69. The number of hydrogen-bond acceptors (Lipinski definition) is 5. The molecular formula is C11H12O5. The first-order chi connectivity index (χ1) is 7.63. The number of phenols is 1. The average molecular weight is 224 g/mol. The number of aromatic hydroxyl groups is 1. The van der Waals surface area contributed by atoms with Crippen molar-refractivity contribution in [1.29, 1.82) is 0 Å². The van der Waals surface area contributed by atoms with Gasteiger partial charge in [-0.3, -0.25) is 9.59 Å². The van der Waals surface area contributed by atoms with Crippen LogP contribution in [0.1, 0.15) is 12.5 Å². The summed E-state index contributed by atoms with van der Waals surface area (Å²) in [4.78, 5) is 20.7. The number of rotatable bonds is 5. The molecule has 0 unspecified atom stereocenters. The van der Waals surface area contributed by atoms with Crippen LogP contribution in [0.4, 0.5) is 0 Å². The lowest BCUT2D eigenvalue weighted by Gasteiger charge is -2.05. The second-order valence-electron chi connectivity index (χ2n) is 3.11. The van der Waals surface area contributed by atoms with E-state index in [0.717, 1.165) is 5.56 Å². The van der Waals surface area contributed by atoms with E-state index in [4.69, 9.17) is 4.74 Å². The van der Waals surface area contributed by atoms with E-state index in [0.29, 0.717) is 6.42 Å². The van der Waals surface area contributed by atoms with Crippen molar-refractivity contribution in [2.75, 3.05) is 6.61 Å². The Hall–Kier alpha value is -2.04. The Kier molecular flexibility index (Phi) is 4.32. The van der Waals surface area contributed by atoms with Crippen molar-refractivity contribution in [2.45, 2.75) is 13.3 Å². The Labute approximate surface area is 92.6 Å². The molecule has 0 saturated heterocycles. The standard InChI is InChI=1S/C11H12O5/c1-8(13)15-5-4-9-2-3-10(14)11(6-9)16-7-12/h2-3,6-7,14H,4-5H2,1H3. The highest BCUT2D eigenvalue weighted by atomic mass is 16.5. The number of carbonyl (C=O) groups is 2. The molecule has 0 amide bonds. The second kappa shape index (κ2) is 5.75. The molecule has 0 aliphatic carbocycles.